The molecule has 0 N–H and O–H groups in total. The summed E-state index contributed by atoms with van der Waals surface area (Å²) in [6.07, 6.45) is 12.1. The molecule has 2 saturated carbocycles. The highest BCUT2D eigenvalue weighted by Crippen LogP contribution is 2.27. The average molecular weight is 359 g/mol. The zero-order valence-electron chi connectivity index (χ0n) is 15.7. The largest absolute Gasteiger partial charge is 0.461 e. The van der Waals surface area contributed by atoms with Gasteiger partial charge in [-0.25, -0.2) is 0 Å². The van der Waals surface area contributed by atoms with Gasteiger partial charge in [0.15, 0.2) is 5.75 Å². The Morgan fingerprint density at radius 3 is 2.15 bits per heavy atom. The molecule has 2 aliphatic carbocycles. The SMILES string of the molecule is Cc1ncc(COC(=O)C2CCCCC2)cc1OC(=O)C1CCCCC1. The first-order valence-electron chi connectivity index (χ1n) is 9.97. The number of rotatable bonds is 5. The third-order valence-corrected chi connectivity index (χ3v) is 5.57. The van der Waals surface area contributed by atoms with Crippen molar-refractivity contribution in [2.24, 2.45) is 11.8 Å². The molecule has 0 unspecified atom stereocenters. The molecule has 0 spiro atoms. The number of hydrogen-bond donors (Lipinski definition) is 0. The molecule has 142 valence electrons. The van der Waals surface area contributed by atoms with E-state index in [9.17, 15) is 9.59 Å². The second-order valence-electron chi connectivity index (χ2n) is 7.63. The molecular formula is C21H29NO4. The number of pyridine rings is 1. The lowest BCUT2D eigenvalue weighted by Gasteiger charge is -2.21. The van der Waals surface area contributed by atoms with Gasteiger partial charge in [-0.2, -0.15) is 0 Å². The average Bonchev–Trinajstić information content (AvgIpc) is 2.69. The van der Waals surface area contributed by atoms with Gasteiger partial charge < -0.3 is 9.47 Å². The Kier molecular flexibility index (Phi) is 6.64. The molecule has 0 atom stereocenters. The summed E-state index contributed by atoms with van der Waals surface area (Å²) in [7, 11) is 0. The van der Waals surface area contributed by atoms with Crippen LogP contribution in [-0.4, -0.2) is 16.9 Å². The second kappa shape index (κ2) is 9.15. The van der Waals surface area contributed by atoms with Crippen LogP contribution in [-0.2, 0) is 20.9 Å². The van der Waals surface area contributed by atoms with Crippen LogP contribution in [0.1, 0.15) is 75.5 Å². The number of carbonyl (C=O) groups is 2. The molecule has 0 aliphatic heterocycles. The summed E-state index contributed by atoms with van der Waals surface area (Å²) in [5, 5.41) is 0. The van der Waals surface area contributed by atoms with Crippen molar-refractivity contribution in [1.82, 2.24) is 4.98 Å². The van der Waals surface area contributed by atoms with Gasteiger partial charge in [0.25, 0.3) is 0 Å². The van der Waals surface area contributed by atoms with E-state index in [0.717, 1.165) is 56.9 Å². The number of aromatic nitrogens is 1. The molecule has 0 amide bonds. The van der Waals surface area contributed by atoms with E-state index in [1.807, 2.05) is 6.92 Å². The molecule has 1 aromatic rings. The molecule has 0 radical (unpaired) electrons. The lowest BCUT2D eigenvalue weighted by atomic mass is 9.89. The number of aryl methyl sites for hydroxylation is 1. The smallest absolute Gasteiger partial charge is 0.314 e. The quantitative estimate of drug-likeness (QED) is 0.724. The molecule has 1 heterocycles. The Hall–Kier alpha value is -1.91. The van der Waals surface area contributed by atoms with Crippen LogP contribution in [0.2, 0.25) is 0 Å². The van der Waals surface area contributed by atoms with Gasteiger partial charge in [-0.05, 0) is 38.7 Å². The van der Waals surface area contributed by atoms with E-state index in [2.05, 4.69) is 4.98 Å². The van der Waals surface area contributed by atoms with Crippen molar-refractivity contribution in [3.8, 4) is 5.75 Å². The van der Waals surface area contributed by atoms with E-state index in [4.69, 9.17) is 9.47 Å². The third kappa shape index (κ3) is 5.05. The van der Waals surface area contributed by atoms with E-state index in [1.165, 1.54) is 12.8 Å². The molecule has 0 bridgehead atoms. The summed E-state index contributed by atoms with van der Waals surface area (Å²) in [6, 6.07) is 1.78. The monoisotopic (exact) mass is 359 g/mol. The first kappa shape index (κ1) is 18.9. The Morgan fingerprint density at radius 1 is 0.962 bits per heavy atom. The lowest BCUT2D eigenvalue weighted by Crippen LogP contribution is -2.23. The molecule has 26 heavy (non-hydrogen) atoms. The van der Waals surface area contributed by atoms with Gasteiger partial charge in [0, 0.05) is 11.8 Å². The van der Waals surface area contributed by atoms with Crippen molar-refractivity contribution >= 4 is 11.9 Å². The Bertz CT molecular complexity index is 631. The molecule has 2 aliphatic rings. The number of ether oxygens (including phenoxy) is 2. The maximum atomic E-state index is 12.4. The Balaban J connectivity index is 1.56. The molecule has 0 saturated heterocycles. The van der Waals surface area contributed by atoms with Crippen LogP contribution in [0.15, 0.2) is 12.3 Å². The number of esters is 2. The fourth-order valence-electron chi connectivity index (χ4n) is 3.88. The zero-order valence-corrected chi connectivity index (χ0v) is 15.7. The molecule has 5 nitrogen and oxygen atoms in total. The summed E-state index contributed by atoms with van der Waals surface area (Å²) in [4.78, 5) is 28.8. The molecule has 5 heteroatoms. The topological polar surface area (TPSA) is 65.5 Å². The van der Waals surface area contributed by atoms with Crippen molar-refractivity contribution in [2.45, 2.75) is 77.7 Å². The van der Waals surface area contributed by atoms with E-state index < -0.39 is 0 Å². The second-order valence-corrected chi connectivity index (χ2v) is 7.63. The van der Waals surface area contributed by atoms with E-state index in [1.54, 1.807) is 12.3 Å². The molecular weight excluding hydrogens is 330 g/mol. The van der Waals surface area contributed by atoms with Gasteiger partial charge >= 0.3 is 11.9 Å². The summed E-state index contributed by atoms with van der Waals surface area (Å²) in [6.45, 7) is 2.00. The highest BCUT2D eigenvalue weighted by Gasteiger charge is 2.24. The predicted molar refractivity (Wildman–Crippen MR) is 97.6 cm³/mol. The van der Waals surface area contributed by atoms with Crippen molar-refractivity contribution < 1.29 is 19.1 Å². The van der Waals surface area contributed by atoms with Crippen LogP contribution < -0.4 is 4.74 Å². The highest BCUT2D eigenvalue weighted by atomic mass is 16.5. The summed E-state index contributed by atoms with van der Waals surface area (Å²) >= 11 is 0. The van der Waals surface area contributed by atoms with Gasteiger partial charge in [-0.1, -0.05) is 38.5 Å². The van der Waals surface area contributed by atoms with Crippen LogP contribution in [0.5, 0.6) is 5.75 Å². The van der Waals surface area contributed by atoms with Crippen molar-refractivity contribution in [3.05, 3.63) is 23.5 Å². The molecule has 3 rings (SSSR count). The summed E-state index contributed by atoms with van der Waals surface area (Å²) in [5.74, 6) is 0.227. The number of hydrogen-bond acceptors (Lipinski definition) is 5. The normalized spacial score (nSPS) is 19.1. The van der Waals surface area contributed by atoms with Gasteiger partial charge in [0.1, 0.15) is 6.61 Å². The minimum atomic E-state index is -0.161. The predicted octanol–water partition coefficient (Wildman–Crippen LogP) is 4.50. The standard InChI is InChI=1S/C21H29NO4/c1-15-19(26-21(24)18-10-6-3-7-11-18)12-16(13-22-15)14-25-20(23)17-8-4-2-5-9-17/h12-13,17-18H,2-11,14H2,1H3. The van der Waals surface area contributed by atoms with Crippen molar-refractivity contribution in [1.29, 1.82) is 0 Å². The minimum absolute atomic E-state index is 0.00376. The third-order valence-electron chi connectivity index (χ3n) is 5.57. The fourth-order valence-corrected chi connectivity index (χ4v) is 3.88. The highest BCUT2D eigenvalue weighted by molar-refractivity contribution is 5.75. The van der Waals surface area contributed by atoms with E-state index in [-0.39, 0.29) is 30.4 Å². The zero-order chi connectivity index (χ0) is 18.4. The fraction of sp³-hybridized carbons (Fsp3) is 0.667. The van der Waals surface area contributed by atoms with Crippen LogP contribution >= 0.6 is 0 Å². The van der Waals surface area contributed by atoms with Crippen LogP contribution in [0.4, 0.5) is 0 Å². The maximum Gasteiger partial charge on any atom is 0.314 e. The minimum Gasteiger partial charge on any atom is -0.461 e. The Morgan fingerprint density at radius 2 is 1.54 bits per heavy atom. The van der Waals surface area contributed by atoms with E-state index >= 15 is 0 Å². The summed E-state index contributed by atoms with van der Waals surface area (Å²) < 4.78 is 11.1. The molecule has 2 fully saturated rings. The lowest BCUT2D eigenvalue weighted by molar-refractivity contribution is -0.151. The van der Waals surface area contributed by atoms with Gasteiger partial charge in [-0.15, -0.1) is 0 Å². The van der Waals surface area contributed by atoms with Gasteiger partial charge in [0.05, 0.1) is 17.5 Å². The van der Waals surface area contributed by atoms with Gasteiger partial charge in [0.2, 0.25) is 0 Å². The molecule has 0 aromatic carbocycles. The summed E-state index contributed by atoms with van der Waals surface area (Å²) in [5.41, 5.74) is 1.43. The number of carbonyl (C=O) groups excluding carboxylic acids is 2. The van der Waals surface area contributed by atoms with E-state index in [0.29, 0.717) is 11.4 Å². The van der Waals surface area contributed by atoms with Gasteiger partial charge in [-0.3, -0.25) is 14.6 Å². The van der Waals surface area contributed by atoms with Crippen LogP contribution in [0.25, 0.3) is 0 Å². The van der Waals surface area contributed by atoms with Crippen LogP contribution in [0, 0.1) is 18.8 Å². The first-order chi connectivity index (χ1) is 12.6. The van der Waals surface area contributed by atoms with Crippen molar-refractivity contribution in [3.63, 3.8) is 0 Å². The maximum absolute atomic E-state index is 12.4. The number of nitrogens with zero attached hydrogens (tertiary/aromatic N) is 1. The van der Waals surface area contributed by atoms with Crippen LogP contribution in [0.3, 0.4) is 0 Å². The molecule has 1 aromatic heterocycles. The Labute approximate surface area is 155 Å². The first-order valence-corrected chi connectivity index (χ1v) is 9.97. The van der Waals surface area contributed by atoms with Crippen molar-refractivity contribution in [2.75, 3.05) is 0 Å².